The van der Waals surface area contributed by atoms with Gasteiger partial charge in [-0.1, -0.05) is 6.07 Å². The highest BCUT2D eigenvalue weighted by Gasteiger charge is 2.08. The summed E-state index contributed by atoms with van der Waals surface area (Å²) in [6.07, 6.45) is 6.79. The third-order valence-electron chi connectivity index (χ3n) is 4.05. The molecule has 0 amide bonds. The minimum absolute atomic E-state index is 0.289. The third kappa shape index (κ3) is 3.11. The average molecular weight is 345 g/mol. The number of hydrogen-bond donors (Lipinski definition) is 1. The molecule has 0 aliphatic rings. The van der Waals surface area contributed by atoms with Crippen LogP contribution in [0, 0.1) is 6.92 Å². The Morgan fingerprint density at radius 1 is 1.08 bits per heavy atom. The Balaban J connectivity index is 1.75. The highest BCUT2D eigenvalue weighted by molar-refractivity contribution is 5.86. The molecule has 0 atom stereocenters. The van der Waals surface area contributed by atoms with Gasteiger partial charge >= 0.3 is 0 Å². The van der Waals surface area contributed by atoms with Gasteiger partial charge in [0.1, 0.15) is 12.7 Å². The van der Waals surface area contributed by atoms with Crippen LogP contribution in [0.3, 0.4) is 0 Å². The number of nitrogens with one attached hydrogen (secondary N) is 1. The van der Waals surface area contributed by atoms with Crippen molar-refractivity contribution < 1.29 is 0 Å². The summed E-state index contributed by atoms with van der Waals surface area (Å²) >= 11 is 0. The van der Waals surface area contributed by atoms with Crippen molar-refractivity contribution in [1.29, 1.82) is 0 Å². The van der Waals surface area contributed by atoms with Crippen LogP contribution in [0.25, 0.3) is 27.8 Å². The lowest BCUT2D eigenvalue weighted by Crippen LogP contribution is -2.12. The quantitative estimate of drug-likeness (QED) is 0.610. The van der Waals surface area contributed by atoms with Crippen molar-refractivity contribution in [3.63, 3.8) is 0 Å². The van der Waals surface area contributed by atoms with Gasteiger partial charge in [-0.2, -0.15) is 5.10 Å². The Kier molecular flexibility index (Phi) is 4.04. The lowest BCUT2D eigenvalue weighted by atomic mass is 10.1. The maximum Gasteiger partial charge on any atom is 0.222 e. The van der Waals surface area contributed by atoms with E-state index in [-0.39, 0.29) is 6.04 Å². The predicted octanol–water partition coefficient (Wildman–Crippen LogP) is 3.40. The molecule has 0 saturated carbocycles. The van der Waals surface area contributed by atoms with Crippen LogP contribution in [0.4, 0.5) is 5.95 Å². The Hall–Kier alpha value is -3.35. The number of pyridine rings is 1. The van der Waals surface area contributed by atoms with E-state index in [1.165, 1.54) is 6.33 Å². The number of rotatable bonds is 4. The molecule has 7 heteroatoms. The number of nitrogens with zero attached hydrogens (tertiary/aromatic N) is 6. The fraction of sp³-hybridized carbons (Fsp3) is 0.211. The smallest absolute Gasteiger partial charge is 0.222 e. The van der Waals surface area contributed by atoms with Gasteiger partial charge in [0, 0.05) is 29.4 Å². The molecule has 3 heterocycles. The van der Waals surface area contributed by atoms with E-state index in [9.17, 15) is 0 Å². The van der Waals surface area contributed by atoms with E-state index < -0.39 is 0 Å². The molecular formula is C19H19N7. The van der Waals surface area contributed by atoms with Crippen LogP contribution >= 0.6 is 0 Å². The zero-order valence-electron chi connectivity index (χ0n) is 14.9. The lowest BCUT2D eigenvalue weighted by Gasteiger charge is -2.10. The molecule has 1 N–H and O–H groups in total. The highest BCUT2D eigenvalue weighted by Crippen LogP contribution is 2.25. The molecule has 0 aliphatic heterocycles. The van der Waals surface area contributed by atoms with Crippen LogP contribution < -0.4 is 5.32 Å². The Morgan fingerprint density at radius 3 is 2.58 bits per heavy atom. The van der Waals surface area contributed by atoms with Gasteiger partial charge in [-0.05, 0) is 44.5 Å². The van der Waals surface area contributed by atoms with Crippen LogP contribution in [0.2, 0.25) is 0 Å². The molecule has 1 aromatic carbocycles. The van der Waals surface area contributed by atoms with Crippen LogP contribution in [0.15, 0.2) is 49.3 Å². The van der Waals surface area contributed by atoms with Crippen molar-refractivity contribution in [2.24, 2.45) is 0 Å². The number of aryl methyl sites for hydroxylation is 1. The molecule has 4 rings (SSSR count). The van der Waals surface area contributed by atoms with E-state index in [0.29, 0.717) is 5.95 Å². The summed E-state index contributed by atoms with van der Waals surface area (Å²) in [5, 5.41) is 8.48. The van der Waals surface area contributed by atoms with Crippen molar-refractivity contribution in [3.05, 3.63) is 54.9 Å². The second kappa shape index (κ2) is 6.51. The van der Waals surface area contributed by atoms with Gasteiger partial charge in [-0.3, -0.25) is 0 Å². The average Bonchev–Trinajstić information content (AvgIpc) is 3.16. The maximum absolute atomic E-state index is 4.81. The lowest BCUT2D eigenvalue weighted by molar-refractivity contribution is 0.874. The van der Waals surface area contributed by atoms with Crippen molar-refractivity contribution >= 4 is 16.9 Å². The Morgan fingerprint density at radius 2 is 1.88 bits per heavy atom. The van der Waals surface area contributed by atoms with E-state index >= 15 is 0 Å². The van der Waals surface area contributed by atoms with Crippen molar-refractivity contribution in [2.75, 3.05) is 5.32 Å². The topological polar surface area (TPSA) is 81.4 Å². The number of fused-ring (bicyclic) bond motifs is 1. The van der Waals surface area contributed by atoms with Gasteiger partial charge in [0.2, 0.25) is 5.95 Å². The molecule has 7 nitrogen and oxygen atoms in total. The maximum atomic E-state index is 4.81. The summed E-state index contributed by atoms with van der Waals surface area (Å²) in [5.41, 5.74) is 4.71. The van der Waals surface area contributed by atoms with Gasteiger partial charge in [0.25, 0.3) is 0 Å². The van der Waals surface area contributed by atoms with E-state index in [1.54, 1.807) is 23.4 Å². The van der Waals surface area contributed by atoms with Gasteiger partial charge in [-0.25, -0.2) is 24.6 Å². The highest BCUT2D eigenvalue weighted by atomic mass is 15.3. The van der Waals surface area contributed by atoms with E-state index in [2.05, 4.69) is 58.3 Å². The van der Waals surface area contributed by atoms with Crippen molar-refractivity contribution in [3.8, 4) is 16.9 Å². The third-order valence-corrected chi connectivity index (χ3v) is 4.05. The van der Waals surface area contributed by atoms with Crippen LogP contribution in [0.5, 0.6) is 0 Å². The first-order valence-electron chi connectivity index (χ1n) is 8.45. The van der Waals surface area contributed by atoms with E-state index in [4.69, 9.17) is 4.98 Å². The molecule has 0 bridgehead atoms. The Bertz CT molecular complexity index is 1040. The molecule has 0 aliphatic carbocycles. The molecule has 26 heavy (non-hydrogen) atoms. The predicted molar refractivity (Wildman–Crippen MR) is 101 cm³/mol. The molecule has 130 valence electrons. The van der Waals surface area contributed by atoms with Gasteiger partial charge < -0.3 is 5.32 Å². The molecule has 0 saturated heterocycles. The first kappa shape index (κ1) is 16.1. The van der Waals surface area contributed by atoms with Crippen molar-refractivity contribution in [2.45, 2.75) is 26.8 Å². The zero-order chi connectivity index (χ0) is 18.1. The largest absolute Gasteiger partial charge is 0.352 e. The molecule has 0 fully saturated rings. The molecule has 0 spiro atoms. The number of benzene rings is 1. The monoisotopic (exact) mass is 345 g/mol. The number of anilines is 1. The zero-order valence-corrected chi connectivity index (χ0v) is 14.9. The minimum Gasteiger partial charge on any atom is -0.352 e. The second-order valence-corrected chi connectivity index (χ2v) is 6.46. The standard InChI is InChI=1S/C19H19N7/c1-12(2)24-19-21-8-14(9-22-19)17-6-13(3)16-5-4-15(7-18(16)25-17)26-11-20-10-23-26/h4-12H,1-3H3,(H,21,22,24). The van der Waals surface area contributed by atoms with Crippen LogP contribution in [0.1, 0.15) is 19.4 Å². The van der Waals surface area contributed by atoms with Gasteiger partial charge in [0.05, 0.1) is 16.9 Å². The minimum atomic E-state index is 0.289. The summed E-state index contributed by atoms with van der Waals surface area (Å²) < 4.78 is 1.72. The summed E-state index contributed by atoms with van der Waals surface area (Å²) in [5.74, 6) is 0.620. The SMILES string of the molecule is Cc1cc(-c2cnc(NC(C)C)nc2)nc2cc(-n3cncn3)ccc12. The Labute approximate surface area is 151 Å². The summed E-state index contributed by atoms with van der Waals surface area (Å²) in [6, 6.07) is 8.44. The van der Waals surface area contributed by atoms with Gasteiger partial charge in [-0.15, -0.1) is 0 Å². The molecule has 0 radical (unpaired) electrons. The van der Waals surface area contributed by atoms with Crippen molar-refractivity contribution in [1.82, 2.24) is 29.7 Å². The number of aromatic nitrogens is 6. The first-order chi connectivity index (χ1) is 12.6. The van der Waals surface area contributed by atoms with E-state index in [1.807, 2.05) is 12.1 Å². The van der Waals surface area contributed by atoms with E-state index in [0.717, 1.165) is 33.4 Å². The fourth-order valence-corrected chi connectivity index (χ4v) is 2.82. The fourth-order valence-electron chi connectivity index (χ4n) is 2.82. The molecular weight excluding hydrogens is 326 g/mol. The molecule has 3 aromatic heterocycles. The summed E-state index contributed by atoms with van der Waals surface area (Å²) in [7, 11) is 0. The van der Waals surface area contributed by atoms with Crippen LogP contribution in [-0.2, 0) is 0 Å². The molecule has 4 aromatic rings. The van der Waals surface area contributed by atoms with Crippen LogP contribution in [-0.4, -0.2) is 35.8 Å². The normalized spacial score (nSPS) is 11.2. The summed E-state index contributed by atoms with van der Waals surface area (Å²) in [6.45, 7) is 6.19. The number of hydrogen-bond acceptors (Lipinski definition) is 6. The second-order valence-electron chi connectivity index (χ2n) is 6.46. The van der Waals surface area contributed by atoms with Gasteiger partial charge in [0.15, 0.2) is 0 Å². The summed E-state index contributed by atoms with van der Waals surface area (Å²) in [4.78, 5) is 17.6. The first-order valence-corrected chi connectivity index (χ1v) is 8.45. The molecule has 0 unspecified atom stereocenters.